The average molecular weight is 546 g/mol. The van der Waals surface area contributed by atoms with Crippen molar-refractivity contribution in [2.24, 2.45) is 5.92 Å². The van der Waals surface area contributed by atoms with Crippen molar-refractivity contribution in [2.75, 3.05) is 44.0 Å². The van der Waals surface area contributed by atoms with Gasteiger partial charge in [-0.25, -0.2) is 9.97 Å². The van der Waals surface area contributed by atoms with E-state index in [-0.39, 0.29) is 19.3 Å². The number of nitrogens with one attached hydrogen (secondary N) is 2. The molecule has 0 saturated heterocycles. The van der Waals surface area contributed by atoms with Crippen molar-refractivity contribution in [1.29, 1.82) is 0 Å². The molecule has 0 bridgehead atoms. The van der Waals surface area contributed by atoms with E-state index in [1.165, 1.54) is 0 Å². The summed E-state index contributed by atoms with van der Waals surface area (Å²) in [7, 11) is 1.62. The number of furan rings is 1. The topological polar surface area (TPSA) is 155 Å². The second-order valence-corrected chi connectivity index (χ2v) is 9.70. The zero-order chi connectivity index (χ0) is 28.5. The van der Waals surface area contributed by atoms with Crippen molar-refractivity contribution in [2.45, 2.75) is 72.2 Å². The summed E-state index contributed by atoms with van der Waals surface area (Å²) in [5, 5.41) is 37.8. The van der Waals surface area contributed by atoms with Gasteiger partial charge in [0.15, 0.2) is 5.58 Å². The van der Waals surface area contributed by atoms with Gasteiger partial charge in [-0.3, -0.25) is 0 Å². The Hall–Kier alpha value is -2.99. The number of hydrogen-bond acceptors (Lipinski definition) is 11. The molecule has 3 rings (SSSR count). The van der Waals surface area contributed by atoms with Gasteiger partial charge in [-0.1, -0.05) is 20.8 Å². The Labute approximate surface area is 230 Å². The van der Waals surface area contributed by atoms with Crippen molar-refractivity contribution in [3.63, 3.8) is 0 Å². The molecular weight excluding hydrogens is 502 g/mol. The fourth-order valence-electron chi connectivity index (χ4n) is 4.44. The zero-order valence-electron chi connectivity index (χ0n) is 23.8. The molecule has 0 aromatic carbocycles. The van der Waals surface area contributed by atoms with Crippen LogP contribution in [0.2, 0.25) is 0 Å². The van der Waals surface area contributed by atoms with E-state index in [9.17, 15) is 15.3 Å². The number of aromatic nitrogens is 3. The maximum atomic E-state index is 10.6. The summed E-state index contributed by atoms with van der Waals surface area (Å²) in [5.74, 6) is 1.49. The number of fused-ring (bicyclic) bond motifs is 1. The van der Waals surface area contributed by atoms with Crippen LogP contribution in [0.15, 0.2) is 16.5 Å². The SMILES string of the molecule is CCC(CC)Oc1cc2cc(-c3c(C)nc(NCCOC)nc3NCC(O)C(O)C(CC)CO)oc2c(C)n1. The highest BCUT2D eigenvalue weighted by Crippen LogP contribution is 2.36. The molecule has 3 aromatic heterocycles. The van der Waals surface area contributed by atoms with Crippen LogP contribution in [0, 0.1) is 19.8 Å². The van der Waals surface area contributed by atoms with E-state index in [0.717, 1.165) is 18.2 Å². The maximum absolute atomic E-state index is 10.6. The Morgan fingerprint density at radius 1 is 0.974 bits per heavy atom. The number of pyridine rings is 1. The molecule has 3 heterocycles. The highest BCUT2D eigenvalue weighted by Gasteiger charge is 2.26. The number of nitrogens with zero attached hydrogens (tertiary/aromatic N) is 3. The van der Waals surface area contributed by atoms with E-state index < -0.39 is 18.1 Å². The fourth-order valence-corrected chi connectivity index (χ4v) is 4.44. The molecule has 11 heteroatoms. The van der Waals surface area contributed by atoms with Gasteiger partial charge in [-0.15, -0.1) is 0 Å². The van der Waals surface area contributed by atoms with E-state index >= 15 is 0 Å². The van der Waals surface area contributed by atoms with Gasteiger partial charge in [-0.05, 0) is 39.2 Å². The lowest BCUT2D eigenvalue weighted by Gasteiger charge is -2.25. The van der Waals surface area contributed by atoms with Crippen molar-refractivity contribution >= 4 is 22.7 Å². The molecule has 0 aliphatic heterocycles. The van der Waals surface area contributed by atoms with Crippen LogP contribution in [-0.4, -0.2) is 82.0 Å². The van der Waals surface area contributed by atoms with Gasteiger partial charge in [-0.2, -0.15) is 4.98 Å². The number of ether oxygens (including phenoxy) is 2. The molecule has 216 valence electrons. The second kappa shape index (κ2) is 14.4. The first-order valence-electron chi connectivity index (χ1n) is 13.7. The monoisotopic (exact) mass is 545 g/mol. The van der Waals surface area contributed by atoms with E-state index in [0.29, 0.717) is 65.5 Å². The first kappa shape index (κ1) is 30.6. The summed E-state index contributed by atoms with van der Waals surface area (Å²) < 4.78 is 17.4. The predicted octanol–water partition coefficient (Wildman–Crippen LogP) is 3.68. The lowest BCUT2D eigenvalue weighted by Crippen LogP contribution is -2.39. The van der Waals surface area contributed by atoms with Gasteiger partial charge in [0.1, 0.15) is 11.6 Å². The number of aryl methyl sites for hydroxylation is 2. The lowest BCUT2D eigenvalue weighted by molar-refractivity contribution is -0.0269. The zero-order valence-corrected chi connectivity index (χ0v) is 23.8. The summed E-state index contributed by atoms with van der Waals surface area (Å²) in [5.41, 5.74) is 2.63. The minimum atomic E-state index is -1.12. The molecule has 3 unspecified atom stereocenters. The van der Waals surface area contributed by atoms with Gasteiger partial charge in [0.2, 0.25) is 11.8 Å². The summed E-state index contributed by atoms with van der Waals surface area (Å²) in [6, 6.07) is 3.78. The van der Waals surface area contributed by atoms with Crippen LogP contribution in [0.1, 0.15) is 51.4 Å². The number of anilines is 2. The summed E-state index contributed by atoms with van der Waals surface area (Å²) in [6.45, 7) is 10.5. The molecular formula is C28H43N5O6. The Bertz CT molecular complexity index is 1190. The Kier molecular flexibility index (Phi) is 11.3. The third kappa shape index (κ3) is 7.57. The quantitative estimate of drug-likeness (QED) is 0.167. The third-order valence-corrected chi connectivity index (χ3v) is 6.88. The first-order valence-corrected chi connectivity index (χ1v) is 13.7. The van der Waals surface area contributed by atoms with E-state index in [2.05, 4.69) is 39.4 Å². The average Bonchev–Trinajstić information content (AvgIpc) is 3.35. The number of methoxy groups -OCH3 is 1. The predicted molar refractivity (Wildman–Crippen MR) is 151 cm³/mol. The molecule has 39 heavy (non-hydrogen) atoms. The van der Waals surface area contributed by atoms with Crippen LogP contribution in [0.25, 0.3) is 22.3 Å². The number of aliphatic hydroxyl groups is 3. The minimum absolute atomic E-state index is 0.00680. The van der Waals surface area contributed by atoms with E-state index in [4.69, 9.17) is 13.9 Å². The van der Waals surface area contributed by atoms with Crippen molar-refractivity contribution in [3.05, 3.63) is 23.5 Å². The van der Waals surface area contributed by atoms with Crippen molar-refractivity contribution in [3.8, 4) is 17.2 Å². The van der Waals surface area contributed by atoms with Crippen LogP contribution in [0.3, 0.4) is 0 Å². The maximum Gasteiger partial charge on any atom is 0.224 e. The van der Waals surface area contributed by atoms with Crippen LogP contribution >= 0.6 is 0 Å². The Balaban J connectivity index is 1.99. The van der Waals surface area contributed by atoms with Crippen LogP contribution in [0.5, 0.6) is 5.88 Å². The summed E-state index contributed by atoms with van der Waals surface area (Å²) >= 11 is 0. The number of rotatable bonds is 16. The van der Waals surface area contributed by atoms with Crippen LogP contribution < -0.4 is 15.4 Å². The van der Waals surface area contributed by atoms with Gasteiger partial charge in [0.05, 0.1) is 41.9 Å². The van der Waals surface area contributed by atoms with E-state index in [1.807, 2.05) is 32.9 Å². The molecule has 5 N–H and O–H groups in total. The summed E-state index contributed by atoms with van der Waals surface area (Å²) in [6.07, 6.45) is 0.189. The van der Waals surface area contributed by atoms with Crippen molar-refractivity contribution < 1.29 is 29.2 Å². The van der Waals surface area contributed by atoms with Crippen LogP contribution in [-0.2, 0) is 4.74 Å². The largest absolute Gasteiger partial charge is 0.474 e. The third-order valence-electron chi connectivity index (χ3n) is 6.88. The van der Waals surface area contributed by atoms with Gasteiger partial charge >= 0.3 is 0 Å². The molecule has 0 radical (unpaired) electrons. The molecule has 11 nitrogen and oxygen atoms in total. The van der Waals surface area contributed by atoms with E-state index in [1.54, 1.807) is 7.11 Å². The van der Waals surface area contributed by atoms with Crippen molar-refractivity contribution in [1.82, 2.24) is 15.0 Å². The smallest absolute Gasteiger partial charge is 0.224 e. The fraction of sp³-hybridized carbons (Fsp3) is 0.607. The van der Waals surface area contributed by atoms with Gasteiger partial charge < -0.3 is 39.8 Å². The standard InChI is InChI=1S/C28H43N5O6/c1-7-18(15-34)25(36)21(35)14-30-27-24(16(4)32-28(33-27)29-10-11-37-6)22-12-19-13-23(38-20(8-2)9-3)31-17(5)26(19)39-22/h12-13,18,20-21,25,34-36H,7-11,14-15H2,1-6H3,(H2,29,30,32,33). The Morgan fingerprint density at radius 2 is 1.72 bits per heavy atom. The molecule has 0 saturated carbocycles. The molecule has 0 spiro atoms. The molecule has 0 amide bonds. The highest BCUT2D eigenvalue weighted by molar-refractivity contribution is 5.88. The first-order chi connectivity index (χ1) is 18.8. The lowest BCUT2D eigenvalue weighted by atomic mass is 9.96. The van der Waals surface area contributed by atoms with Gasteiger partial charge in [0.25, 0.3) is 0 Å². The van der Waals surface area contributed by atoms with Gasteiger partial charge in [0, 0.05) is 44.2 Å². The second-order valence-electron chi connectivity index (χ2n) is 9.70. The molecule has 0 fully saturated rings. The number of hydrogen-bond donors (Lipinski definition) is 5. The molecule has 3 aromatic rings. The number of aliphatic hydroxyl groups excluding tert-OH is 3. The summed E-state index contributed by atoms with van der Waals surface area (Å²) in [4.78, 5) is 13.8. The van der Waals surface area contributed by atoms with Crippen LogP contribution in [0.4, 0.5) is 11.8 Å². The minimum Gasteiger partial charge on any atom is -0.474 e. The Morgan fingerprint density at radius 3 is 2.36 bits per heavy atom. The highest BCUT2D eigenvalue weighted by atomic mass is 16.5. The molecule has 0 aliphatic rings. The molecule has 3 atom stereocenters. The molecule has 0 aliphatic carbocycles. The normalized spacial score (nSPS) is 14.0.